The molecule has 8 heteroatoms. The summed E-state index contributed by atoms with van der Waals surface area (Å²) in [5.74, 6) is 0.363. The third-order valence-electron chi connectivity index (χ3n) is 4.12. The maximum Gasteiger partial charge on any atom is 0.268 e. The van der Waals surface area contributed by atoms with Gasteiger partial charge in [0.15, 0.2) is 0 Å². The zero-order chi connectivity index (χ0) is 17.4. The van der Waals surface area contributed by atoms with Crippen molar-refractivity contribution in [2.75, 3.05) is 11.4 Å². The molecule has 0 atom stereocenters. The highest BCUT2D eigenvalue weighted by molar-refractivity contribution is 5.90. The van der Waals surface area contributed by atoms with Gasteiger partial charge in [-0.05, 0) is 12.1 Å². The number of nitrogens with zero attached hydrogens (tertiary/aromatic N) is 4. The molecule has 2 N–H and O–H groups in total. The predicted molar refractivity (Wildman–Crippen MR) is 87.2 cm³/mol. The summed E-state index contributed by atoms with van der Waals surface area (Å²) < 4.78 is 18.9. The zero-order valence-corrected chi connectivity index (χ0v) is 13.1. The van der Waals surface area contributed by atoms with Gasteiger partial charge in [0, 0.05) is 24.1 Å². The molecule has 3 aromatic rings. The molecule has 7 nitrogen and oxygen atoms in total. The Bertz CT molecular complexity index is 956. The van der Waals surface area contributed by atoms with Crippen LogP contribution >= 0.6 is 0 Å². The molecule has 1 amide bonds. The molecule has 0 radical (unpaired) electrons. The smallest absolute Gasteiger partial charge is 0.268 e. The van der Waals surface area contributed by atoms with E-state index in [0.29, 0.717) is 36.6 Å². The summed E-state index contributed by atoms with van der Waals surface area (Å²) in [4.78, 5) is 21.5. The van der Waals surface area contributed by atoms with Crippen LogP contribution in [0.3, 0.4) is 0 Å². The first-order valence-electron chi connectivity index (χ1n) is 7.72. The Kier molecular flexibility index (Phi) is 3.64. The van der Waals surface area contributed by atoms with Gasteiger partial charge in [0.25, 0.3) is 5.91 Å². The first-order valence-corrected chi connectivity index (χ1v) is 7.72. The Balaban J connectivity index is 1.68. The van der Waals surface area contributed by atoms with Crippen LogP contribution in [0.4, 0.5) is 10.2 Å². The topological polar surface area (TPSA) is 98.1 Å². The molecule has 2 aromatic heterocycles. The first-order chi connectivity index (χ1) is 12.1. The number of hydrogen-bond donors (Lipinski definition) is 1. The summed E-state index contributed by atoms with van der Waals surface area (Å²) in [6.45, 7) is 1.11. The standard InChI is InChI=1S/C17H14FN5O2/c18-11-3-1-2-10(6-11)16-12-9-23(5-4-14(12)25-22-16)15-8-20-7-13(21-15)17(19)24/h1-3,6-8H,4-5,9H2,(H2,19,24). The first kappa shape index (κ1) is 15.3. The Morgan fingerprint density at radius 2 is 2.20 bits per heavy atom. The maximum absolute atomic E-state index is 13.5. The minimum Gasteiger partial charge on any atom is -0.364 e. The van der Waals surface area contributed by atoms with Crippen LogP contribution in [0.2, 0.25) is 0 Å². The monoisotopic (exact) mass is 339 g/mol. The van der Waals surface area contributed by atoms with E-state index in [9.17, 15) is 9.18 Å². The second-order valence-electron chi connectivity index (χ2n) is 5.74. The van der Waals surface area contributed by atoms with Gasteiger partial charge in [-0.2, -0.15) is 0 Å². The van der Waals surface area contributed by atoms with Gasteiger partial charge in [0.05, 0.1) is 18.9 Å². The number of primary amides is 1. The van der Waals surface area contributed by atoms with Gasteiger partial charge in [-0.25, -0.2) is 9.37 Å². The molecular formula is C17H14FN5O2. The van der Waals surface area contributed by atoms with E-state index in [2.05, 4.69) is 15.1 Å². The number of carbonyl (C=O) groups excluding carboxylic acids is 1. The van der Waals surface area contributed by atoms with Crippen LogP contribution < -0.4 is 10.6 Å². The van der Waals surface area contributed by atoms with Crippen molar-refractivity contribution in [2.24, 2.45) is 5.73 Å². The number of hydrogen-bond acceptors (Lipinski definition) is 6. The van der Waals surface area contributed by atoms with E-state index < -0.39 is 5.91 Å². The van der Waals surface area contributed by atoms with Gasteiger partial charge < -0.3 is 15.2 Å². The quantitative estimate of drug-likeness (QED) is 0.783. The van der Waals surface area contributed by atoms with Crippen molar-refractivity contribution < 1.29 is 13.7 Å². The summed E-state index contributed by atoms with van der Waals surface area (Å²) in [6.07, 6.45) is 3.53. The molecule has 3 heterocycles. The molecule has 0 saturated carbocycles. The SMILES string of the molecule is NC(=O)c1cncc(N2CCc3onc(-c4cccc(F)c4)c3C2)n1. The third-order valence-corrected chi connectivity index (χ3v) is 4.12. The van der Waals surface area contributed by atoms with Crippen molar-refractivity contribution in [1.82, 2.24) is 15.1 Å². The van der Waals surface area contributed by atoms with Crippen LogP contribution in [-0.2, 0) is 13.0 Å². The molecule has 0 saturated heterocycles. The fraction of sp³-hybridized carbons (Fsp3) is 0.176. The Morgan fingerprint density at radius 1 is 1.32 bits per heavy atom. The number of nitrogens with two attached hydrogens (primary N) is 1. The van der Waals surface area contributed by atoms with Crippen molar-refractivity contribution in [3.05, 3.63) is 59.5 Å². The maximum atomic E-state index is 13.5. The van der Waals surface area contributed by atoms with Crippen molar-refractivity contribution in [3.63, 3.8) is 0 Å². The largest absolute Gasteiger partial charge is 0.364 e. The lowest BCUT2D eigenvalue weighted by Crippen LogP contribution is -2.31. The van der Waals surface area contributed by atoms with Gasteiger partial charge in [-0.1, -0.05) is 17.3 Å². The molecule has 4 rings (SSSR count). The summed E-state index contributed by atoms with van der Waals surface area (Å²) in [6, 6.07) is 6.22. The highest BCUT2D eigenvalue weighted by Crippen LogP contribution is 2.31. The van der Waals surface area contributed by atoms with Crippen LogP contribution in [0.5, 0.6) is 0 Å². The van der Waals surface area contributed by atoms with Crippen LogP contribution in [0.1, 0.15) is 21.8 Å². The van der Waals surface area contributed by atoms with E-state index >= 15 is 0 Å². The molecule has 0 spiro atoms. The Labute approximate surface area is 142 Å². The summed E-state index contributed by atoms with van der Waals surface area (Å²) in [5.41, 5.74) is 7.52. The number of halogens is 1. The fourth-order valence-electron chi connectivity index (χ4n) is 2.89. The lowest BCUT2D eigenvalue weighted by atomic mass is 10.0. The van der Waals surface area contributed by atoms with Crippen LogP contribution in [0.15, 0.2) is 41.2 Å². The number of carbonyl (C=O) groups is 1. The minimum atomic E-state index is -0.627. The molecule has 1 aliphatic rings. The molecule has 0 aliphatic carbocycles. The molecule has 25 heavy (non-hydrogen) atoms. The van der Waals surface area contributed by atoms with Crippen LogP contribution in [0.25, 0.3) is 11.3 Å². The second-order valence-corrected chi connectivity index (χ2v) is 5.74. The van der Waals surface area contributed by atoms with Crippen molar-refractivity contribution in [1.29, 1.82) is 0 Å². The van der Waals surface area contributed by atoms with Gasteiger partial charge >= 0.3 is 0 Å². The van der Waals surface area contributed by atoms with E-state index in [4.69, 9.17) is 10.3 Å². The Hall–Kier alpha value is -3.29. The molecule has 0 bridgehead atoms. The normalized spacial score (nSPS) is 13.6. The lowest BCUT2D eigenvalue weighted by Gasteiger charge is -2.27. The number of fused-ring (bicyclic) bond motifs is 1. The Morgan fingerprint density at radius 3 is 3.00 bits per heavy atom. The molecular weight excluding hydrogens is 325 g/mol. The van der Waals surface area contributed by atoms with Crippen LogP contribution in [-0.4, -0.2) is 27.6 Å². The molecule has 0 unspecified atom stereocenters. The third kappa shape index (κ3) is 2.82. The van der Waals surface area contributed by atoms with E-state index in [1.165, 1.54) is 18.3 Å². The van der Waals surface area contributed by atoms with Crippen molar-refractivity contribution in [2.45, 2.75) is 13.0 Å². The van der Waals surface area contributed by atoms with Crippen LogP contribution in [0, 0.1) is 5.82 Å². The average Bonchev–Trinajstić information content (AvgIpc) is 3.05. The predicted octanol–water partition coefficient (Wildman–Crippen LogP) is 1.93. The van der Waals surface area contributed by atoms with E-state index in [1.54, 1.807) is 18.3 Å². The average molecular weight is 339 g/mol. The number of benzene rings is 1. The van der Waals surface area contributed by atoms with Gasteiger partial charge in [-0.15, -0.1) is 0 Å². The molecule has 0 fully saturated rings. The number of aromatic nitrogens is 3. The van der Waals surface area contributed by atoms with E-state index in [0.717, 1.165) is 11.3 Å². The van der Waals surface area contributed by atoms with Gasteiger partial charge in [0.1, 0.15) is 28.8 Å². The number of anilines is 1. The van der Waals surface area contributed by atoms with Crippen molar-refractivity contribution >= 4 is 11.7 Å². The van der Waals surface area contributed by atoms with Crippen molar-refractivity contribution in [3.8, 4) is 11.3 Å². The highest BCUT2D eigenvalue weighted by Gasteiger charge is 2.26. The minimum absolute atomic E-state index is 0.110. The molecule has 126 valence electrons. The summed E-state index contributed by atoms with van der Waals surface area (Å²) in [5, 5.41) is 4.10. The zero-order valence-electron chi connectivity index (χ0n) is 13.1. The van der Waals surface area contributed by atoms with Gasteiger partial charge in [-0.3, -0.25) is 9.78 Å². The highest BCUT2D eigenvalue weighted by atomic mass is 19.1. The molecule has 1 aromatic carbocycles. The van der Waals surface area contributed by atoms with E-state index in [-0.39, 0.29) is 11.5 Å². The summed E-state index contributed by atoms with van der Waals surface area (Å²) >= 11 is 0. The molecule has 1 aliphatic heterocycles. The fourth-order valence-corrected chi connectivity index (χ4v) is 2.89. The lowest BCUT2D eigenvalue weighted by molar-refractivity contribution is 0.0995. The van der Waals surface area contributed by atoms with E-state index in [1.807, 2.05) is 4.90 Å². The number of amides is 1. The van der Waals surface area contributed by atoms with Gasteiger partial charge in [0.2, 0.25) is 0 Å². The number of rotatable bonds is 3. The second kappa shape index (κ2) is 5.97. The summed E-state index contributed by atoms with van der Waals surface area (Å²) in [7, 11) is 0.